The minimum atomic E-state index is -0.293. The zero-order chi connectivity index (χ0) is 21.9. The highest BCUT2D eigenvalue weighted by Gasteiger charge is 2.19. The van der Waals surface area contributed by atoms with Crippen molar-refractivity contribution in [1.29, 1.82) is 0 Å². The van der Waals surface area contributed by atoms with Crippen LogP contribution < -0.4 is 4.90 Å². The zero-order valence-corrected chi connectivity index (χ0v) is 18.0. The van der Waals surface area contributed by atoms with E-state index >= 15 is 4.39 Å². The van der Waals surface area contributed by atoms with Crippen molar-refractivity contribution in [2.45, 2.75) is 13.1 Å². The Balaban J connectivity index is 1.53. The van der Waals surface area contributed by atoms with Gasteiger partial charge >= 0.3 is 0 Å². The van der Waals surface area contributed by atoms with Gasteiger partial charge in [-0.25, -0.2) is 14.4 Å². The fraction of sp³-hybridized carbons (Fsp3) is 0.292. The standard InChI is InChI=1S/C24H25FN6O/c1-30(15-17-3-2-7-26-14-17)16-22-28-21(13-23(29-22)31-9-11-32-12-10-31)24-18-6-8-27-20(18)5-4-19(24)25/h2-8,13-14,27H,9-12,15-16H2,1H3. The zero-order valence-electron chi connectivity index (χ0n) is 18.0. The van der Waals surface area contributed by atoms with Gasteiger partial charge in [0.05, 0.1) is 25.5 Å². The van der Waals surface area contributed by atoms with Crippen molar-refractivity contribution in [1.82, 2.24) is 24.8 Å². The van der Waals surface area contributed by atoms with Gasteiger partial charge in [0.15, 0.2) is 0 Å². The first-order chi connectivity index (χ1) is 15.7. The molecule has 164 valence electrons. The lowest BCUT2D eigenvalue weighted by Gasteiger charge is -2.28. The molecule has 1 aliphatic rings. The van der Waals surface area contributed by atoms with E-state index in [2.05, 4.69) is 19.8 Å². The van der Waals surface area contributed by atoms with E-state index in [0.717, 1.165) is 41.9 Å². The van der Waals surface area contributed by atoms with Crippen LogP contribution in [0.25, 0.3) is 22.2 Å². The van der Waals surface area contributed by atoms with E-state index in [1.165, 1.54) is 6.07 Å². The molecule has 7 nitrogen and oxygen atoms in total. The number of aromatic nitrogens is 4. The number of halogens is 1. The molecule has 1 N–H and O–H groups in total. The molecule has 1 fully saturated rings. The number of nitrogens with zero attached hydrogens (tertiary/aromatic N) is 5. The van der Waals surface area contributed by atoms with Crippen molar-refractivity contribution in [2.24, 2.45) is 0 Å². The van der Waals surface area contributed by atoms with Crippen molar-refractivity contribution >= 4 is 16.7 Å². The monoisotopic (exact) mass is 432 g/mol. The molecule has 4 aromatic rings. The van der Waals surface area contributed by atoms with Crippen molar-refractivity contribution in [2.75, 3.05) is 38.3 Å². The van der Waals surface area contributed by atoms with Crippen LogP contribution in [-0.2, 0) is 17.8 Å². The number of hydrogen-bond donors (Lipinski definition) is 1. The second kappa shape index (κ2) is 9.02. The van der Waals surface area contributed by atoms with E-state index in [-0.39, 0.29) is 5.82 Å². The first-order valence-electron chi connectivity index (χ1n) is 10.7. The molecule has 32 heavy (non-hydrogen) atoms. The fourth-order valence-electron chi connectivity index (χ4n) is 4.10. The number of pyridine rings is 1. The molecule has 0 aliphatic carbocycles. The number of benzene rings is 1. The largest absolute Gasteiger partial charge is 0.378 e. The van der Waals surface area contributed by atoms with Gasteiger partial charge in [0, 0.05) is 60.8 Å². The smallest absolute Gasteiger partial charge is 0.145 e. The van der Waals surface area contributed by atoms with Gasteiger partial charge in [-0.15, -0.1) is 0 Å². The number of aromatic amines is 1. The summed E-state index contributed by atoms with van der Waals surface area (Å²) in [5.74, 6) is 1.16. The third-order valence-corrected chi connectivity index (χ3v) is 5.62. The van der Waals surface area contributed by atoms with Crippen LogP contribution in [-0.4, -0.2) is 58.2 Å². The van der Waals surface area contributed by atoms with E-state index in [4.69, 9.17) is 14.7 Å². The minimum absolute atomic E-state index is 0.293. The summed E-state index contributed by atoms with van der Waals surface area (Å²) in [4.78, 5) is 21.3. The predicted octanol–water partition coefficient (Wildman–Crippen LogP) is 3.63. The Hall–Kier alpha value is -3.36. The minimum Gasteiger partial charge on any atom is -0.378 e. The Kier molecular flexibility index (Phi) is 5.79. The molecular weight excluding hydrogens is 407 g/mol. The maximum absolute atomic E-state index is 15.0. The van der Waals surface area contributed by atoms with Crippen molar-refractivity contribution < 1.29 is 9.13 Å². The molecule has 0 spiro atoms. The van der Waals surface area contributed by atoms with Crippen LogP contribution in [0.5, 0.6) is 0 Å². The summed E-state index contributed by atoms with van der Waals surface area (Å²) < 4.78 is 20.5. The van der Waals surface area contributed by atoms with Gasteiger partial charge in [0.1, 0.15) is 17.5 Å². The quantitative estimate of drug-likeness (QED) is 0.502. The molecule has 8 heteroatoms. The molecule has 3 aromatic heterocycles. The first kappa shape index (κ1) is 20.5. The molecule has 0 saturated carbocycles. The summed E-state index contributed by atoms with van der Waals surface area (Å²) in [6.45, 7) is 4.05. The lowest BCUT2D eigenvalue weighted by molar-refractivity contribution is 0.122. The third-order valence-electron chi connectivity index (χ3n) is 5.62. The van der Waals surface area contributed by atoms with Gasteiger partial charge in [-0.1, -0.05) is 6.07 Å². The number of rotatable bonds is 6. The van der Waals surface area contributed by atoms with Crippen LogP contribution >= 0.6 is 0 Å². The molecule has 0 unspecified atom stereocenters. The second-order valence-electron chi connectivity index (χ2n) is 8.02. The summed E-state index contributed by atoms with van der Waals surface area (Å²) in [6.07, 6.45) is 5.44. The first-order valence-corrected chi connectivity index (χ1v) is 10.7. The summed E-state index contributed by atoms with van der Waals surface area (Å²) in [7, 11) is 2.02. The van der Waals surface area contributed by atoms with Crippen LogP contribution in [0.4, 0.5) is 10.2 Å². The van der Waals surface area contributed by atoms with Crippen LogP contribution in [0.15, 0.2) is 55.0 Å². The van der Waals surface area contributed by atoms with Crippen LogP contribution in [0.2, 0.25) is 0 Å². The van der Waals surface area contributed by atoms with Crippen LogP contribution in [0, 0.1) is 5.82 Å². The molecule has 0 bridgehead atoms. The number of anilines is 1. The molecule has 1 aliphatic heterocycles. The number of fused-ring (bicyclic) bond motifs is 1. The summed E-state index contributed by atoms with van der Waals surface area (Å²) in [5.41, 5.74) is 3.08. The van der Waals surface area contributed by atoms with Gasteiger partial charge in [-0.05, 0) is 36.9 Å². The molecule has 1 saturated heterocycles. The van der Waals surface area contributed by atoms with Gasteiger partial charge in [0.25, 0.3) is 0 Å². The Morgan fingerprint density at radius 3 is 2.81 bits per heavy atom. The van der Waals surface area contributed by atoms with E-state index in [1.807, 2.05) is 43.7 Å². The van der Waals surface area contributed by atoms with E-state index in [1.54, 1.807) is 12.3 Å². The molecule has 0 radical (unpaired) electrons. The maximum atomic E-state index is 15.0. The normalized spacial score (nSPS) is 14.4. The second-order valence-corrected chi connectivity index (χ2v) is 8.02. The van der Waals surface area contributed by atoms with Gasteiger partial charge in [-0.2, -0.15) is 0 Å². The fourth-order valence-corrected chi connectivity index (χ4v) is 4.10. The van der Waals surface area contributed by atoms with Crippen LogP contribution in [0.3, 0.4) is 0 Å². The highest BCUT2D eigenvalue weighted by molar-refractivity contribution is 5.94. The molecule has 4 heterocycles. The van der Waals surface area contributed by atoms with Crippen LogP contribution in [0.1, 0.15) is 11.4 Å². The van der Waals surface area contributed by atoms with E-state index < -0.39 is 0 Å². The topological polar surface area (TPSA) is 70.2 Å². The van der Waals surface area contributed by atoms with Gasteiger partial charge in [0.2, 0.25) is 0 Å². The van der Waals surface area contributed by atoms with Crippen molar-refractivity contribution in [3.8, 4) is 11.3 Å². The van der Waals surface area contributed by atoms with Crippen molar-refractivity contribution in [3.05, 3.63) is 72.2 Å². The SMILES string of the molecule is CN(Cc1cccnc1)Cc1nc(-c2c(F)ccc3[nH]ccc23)cc(N2CCOCC2)n1. The molecule has 1 aromatic carbocycles. The Labute approximate surface area is 185 Å². The summed E-state index contributed by atoms with van der Waals surface area (Å²) in [6, 6.07) is 11.0. The van der Waals surface area contributed by atoms with E-state index in [0.29, 0.717) is 36.8 Å². The average molecular weight is 433 g/mol. The highest BCUT2D eigenvalue weighted by atomic mass is 19.1. The highest BCUT2D eigenvalue weighted by Crippen LogP contribution is 2.32. The summed E-state index contributed by atoms with van der Waals surface area (Å²) >= 11 is 0. The maximum Gasteiger partial charge on any atom is 0.145 e. The predicted molar refractivity (Wildman–Crippen MR) is 122 cm³/mol. The van der Waals surface area contributed by atoms with E-state index in [9.17, 15) is 0 Å². The lowest BCUT2D eigenvalue weighted by atomic mass is 10.1. The molecular formula is C24H25FN6O. The number of nitrogens with one attached hydrogen (secondary N) is 1. The molecule has 0 amide bonds. The van der Waals surface area contributed by atoms with Crippen molar-refractivity contribution in [3.63, 3.8) is 0 Å². The Bertz CT molecular complexity index is 1210. The average Bonchev–Trinajstić information content (AvgIpc) is 3.28. The number of hydrogen-bond acceptors (Lipinski definition) is 6. The molecule has 5 rings (SSSR count). The molecule has 0 atom stereocenters. The Morgan fingerprint density at radius 2 is 2.00 bits per heavy atom. The Morgan fingerprint density at radius 1 is 1.12 bits per heavy atom. The number of ether oxygens (including phenoxy) is 1. The number of morpholine rings is 1. The lowest BCUT2D eigenvalue weighted by Crippen LogP contribution is -2.37. The van der Waals surface area contributed by atoms with Gasteiger partial charge < -0.3 is 14.6 Å². The third kappa shape index (κ3) is 4.32. The number of H-pyrrole nitrogens is 1. The van der Waals surface area contributed by atoms with Gasteiger partial charge in [-0.3, -0.25) is 9.88 Å². The summed E-state index contributed by atoms with van der Waals surface area (Å²) in [5, 5.41) is 0.811.